The first-order chi connectivity index (χ1) is 13.2. The highest BCUT2D eigenvalue weighted by Crippen LogP contribution is 2.29. The number of ether oxygens (including phenoxy) is 3. The molecule has 0 spiro atoms. The van der Waals surface area contributed by atoms with Crippen molar-refractivity contribution in [2.45, 2.75) is 33.5 Å². The van der Waals surface area contributed by atoms with Crippen molar-refractivity contribution in [1.82, 2.24) is 0 Å². The van der Waals surface area contributed by atoms with E-state index in [9.17, 15) is 18.4 Å². The van der Waals surface area contributed by atoms with E-state index in [4.69, 9.17) is 9.47 Å². The number of carbonyl (C=O) groups excluding carboxylic acids is 2. The quantitative estimate of drug-likeness (QED) is 0.717. The summed E-state index contributed by atoms with van der Waals surface area (Å²) in [4.78, 5) is 24.6. The number of benzene rings is 2. The first-order valence-corrected chi connectivity index (χ1v) is 8.43. The molecule has 2 aromatic carbocycles. The molecule has 0 saturated heterocycles. The van der Waals surface area contributed by atoms with E-state index in [0.29, 0.717) is 5.69 Å². The van der Waals surface area contributed by atoms with Gasteiger partial charge in [-0.15, -0.1) is 0 Å². The maximum Gasteiger partial charge on any atom is 0.387 e. The van der Waals surface area contributed by atoms with Crippen LogP contribution in [-0.4, -0.2) is 31.7 Å². The molecule has 0 aliphatic carbocycles. The molecule has 8 heteroatoms. The molecule has 0 unspecified atom stereocenters. The Balaban J connectivity index is 2.07. The molecule has 1 N–H and O–H groups in total. The number of hydrogen-bond donors (Lipinski definition) is 1. The predicted octanol–water partition coefficient (Wildman–Crippen LogP) is 4.10. The van der Waals surface area contributed by atoms with Crippen LogP contribution < -0.4 is 14.8 Å². The van der Waals surface area contributed by atoms with Gasteiger partial charge in [0.25, 0.3) is 5.91 Å². The fourth-order valence-electron chi connectivity index (χ4n) is 2.37. The van der Waals surface area contributed by atoms with Crippen molar-refractivity contribution in [1.29, 1.82) is 0 Å². The lowest BCUT2D eigenvalue weighted by molar-refractivity contribution is -0.123. The van der Waals surface area contributed by atoms with Gasteiger partial charge in [0.15, 0.2) is 17.6 Å². The minimum absolute atomic E-state index is 0.0323. The molecule has 0 aliphatic rings. The second kappa shape index (κ2) is 9.16. The number of amides is 1. The molecule has 0 radical (unpaired) electrons. The summed E-state index contributed by atoms with van der Waals surface area (Å²) in [5.74, 6) is -1.56. The van der Waals surface area contributed by atoms with Crippen molar-refractivity contribution in [3.63, 3.8) is 0 Å². The molecule has 0 bridgehead atoms. The van der Waals surface area contributed by atoms with Crippen LogP contribution in [0.25, 0.3) is 0 Å². The Labute approximate surface area is 161 Å². The van der Waals surface area contributed by atoms with E-state index < -0.39 is 24.6 Å². The number of halogens is 2. The molecule has 0 fully saturated rings. The number of alkyl halides is 2. The van der Waals surface area contributed by atoms with Gasteiger partial charge in [-0.1, -0.05) is 12.1 Å². The maximum atomic E-state index is 12.4. The average Bonchev–Trinajstić information content (AvgIpc) is 2.64. The van der Waals surface area contributed by atoms with E-state index >= 15 is 0 Å². The van der Waals surface area contributed by atoms with Crippen LogP contribution in [0.3, 0.4) is 0 Å². The number of rotatable bonds is 7. The summed E-state index contributed by atoms with van der Waals surface area (Å²) in [6.07, 6.45) is -1.07. The molecular weight excluding hydrogens is 372 g/mol. The molecule has 2 aromatic rings. The van der Waals surface area contributed by atoms with Crippen molar-refractivity contribution >= 4 is 17.6 Å². The summed E-state index contributed by atoms with van der Waals surface area (Å²) in [6, 6.07) is 9.23. The summed E-state index contributed by atoms with van der Waals surface area (Å²) in [5, 5.41) is 2.72. The molecule has 1 atom stereocenters. The van der Waals surface area contributed by atoms with Gasteiger partial charge in [-0.05, 0) is 56.2 Å². The number of esters is 1. The Kier molecular flexibility index (Phi) is 6.92. The van der Waals surface area contributed by atoms with E-state index in [1.807, 2.05) is 32.0 Å². The summed E-state index contributed by atoms with van der Waals surface area (Å²) < 4.78 is 39.2. The van der Waals surface area contributed by atoms with Crippen molar-refractivity contribution in [2.24, 2.45) is 0 Å². The van der Waals surface area contributed by atoms with Crippen LogP contribution in [0.1, 0.15) is 28.4 Å². The van der Waals surface area contributed by atoms with Crippen molar-refractivity contribution < 1.29 is 32.6 Å². The fourth-order valence-corrected chi connectivity index (χ4v) is 2.37. The van der Waals surface area contributed by atoms with Gasteiger partial charge in [-0.25, -0.2) is 4.79 Å². The van der Waals surface area contributed by atoms with Gasteiger partial charge in [0.1, 0.15) is 0 Å². The van der Waals surface area contributed by atoms with Gasteiger partial charge in [0.05, 0.1) is 12.7 Å². The smallest absolute Gasteiger partial charge is 0.387 e. The second-order valence-corrected chi connectivity index (χ2v) is 6.10. The van der Waals surface area contributed by atoms with Crippen LogP contribution in [0.2, 0.25) is 0 Å². The van der Waals surface area contributed by atoms with Crippen LogP contribution >= 0.6 is 0 Å². The van der Waals surface area contributed by atoms with Crippen molar-refractivity contribution in [3.05, 3.63) is 53.1 Å². The zero-order valence-electron chi connectivity index (χ0n) is 15.9. The molecule has 0 aliphatic heterocycles. The molecule has 0 aromatic heterocycles. The molecule has 0 heterocycles. The van der Waals surface area contributed by atoms with Crippen LogP contribution in [0.4, 0.5) is 14.5 Å². The molecule has 6 nitrogen and oxygen atoms in total. The maximum absolute atomic E-state index is 12.4. The zero-order valence-corrected chi connectivity index (χ0v) is 15.9. The SMILES string of the molecule is COc1cc(C(=O)O[C@H](C)C(=O)Nc2cc(C)ccc2C)ccc1OC(F)F. The van der Waals surface area contributed by atoms with Gasteiger partial charge < -0.3 is 19.5 Å². The van der Waals surface area contributed by atoms with Crippen LogP contribution in [-0.2, 0) is 9.53 Å². The molecule has 28 heavy (non-hydrogen) atoms. The van der Waals surface area contributed by atoms with Crippen LogP contribution in [0.15, 0.2) is 36.4 Å². The van der Waals surface area contributed by atoms with Crippen molar-refractivity contribution in [3.8, 4) is 11.5 Å². The highest BCUT2D eigenvalue weighted by Gasteiger charge is 2.21. The lowest BCUT2D eigenvalue weighted by atomic mass is 10.1. The number of carbonyl (C=O) groups is 2. The molecule has 0 saturated carbocycles. The normalized spacial score (nSPS) is 11.7. The summed E-state index contributed by atoms with van der Waals surface area (Å²) in [7, 11) is 1.25. The van der Waals surface area contributed by atoms with E-state index in [1.165, 1.54) is 32.2 Å². The summed E-state index contributed by atoms with van der Waals surface area (Å²) in [6.45, 7) is 2.15. The lowest BCUT2D eigenvalue weighted by Gasteiger charge is -2.16. The highest BCUT2D eigenvalue weighted by molar-refractivity contribution is 5.98. The highest BCUT2D eigenvalue weighted by atomic mass is 19.3. The Bertz CT molecular complexity index is 870. The number of methoxy groups -OCH3 is 1. The van der Waals surface area contributed by atoms with E-state index in [0.717, 1.165) is 11.1 Å². The third-order valence-corrected chi connectivity index (χ3v) is 3.92. The third-order valence-electron chi connectivity index (χ3n) is 3.92. The summed E-state index contributed by atoms with van der Waals surface area (Å²) in [5.41, 5.74) is 2.51. The first kappa shape index (κ1) is 21.1. The summed E-state index contributed by atoms with van der Waals surface area (Å²) >= 11 is 0. The Morgan fingerprint density at radius 2 is 1.75 bits per heavy atom. The largest absolute Gasteiger partial charge is 0.493 e. The number of aryl methyl sites for hydroxylation is 2. The number of hydrogen-bond acceptors (Lipinski definition) is 5. The minimum atomic E-state index is -3.03. The third kappa shape index (κ3) is 5.42. The predicted molar refractivity (Wildman–Crippen MR) is 99.0 cm³/mol. The van der Waals surface area contributed by atoms with Gasteiger partial charge >= 0.3 is 12.6 Å². The fraction of sp³-hybridized carbons (Fsp3) is 0.300. The first-order valence-electron chi connectivity index (χ1n) is 8.43. The van der Waals surface area contributed by atoms with Gasteiger partial charge in [-0.3, -0.25) is 4.79 Å². The van der Waals surface area contributed by atoms with Crippen molar-refractivity contribution in [2.75, 3.05) is 12.4 Å². The monoisotopic (exact) mass is 393 g/mol. The minimum Gasteiger partial charge on any atom is -0.493 e. The van der Waals surface area contributed by atoms with Gasteiger partial charge in [0.2, 0.25) is 0 Å². The Hall–Kier alpha value is -3.16. The lowest BCUT2D eigenvalue weighted by Crippen LogP contribution is -2.30. The molecule has 150 valence electrons. The molecule has 2 rings (SSSR count). The number of nitrogens with one attached hydrogen (secondary N) is 1. The van der Waals surface area contributed by atoms with E-state index in [1.54, 1.807) is 0 Å². The van der Waals surface area contributed by atoms with E-state index in [-0.39, 0.29) is 17.1 Å². The molecular formula is C20H21F2NO5. The second-order valence-electron chi connectivity index (χ2n) is 6.10. The van der Waals surface area contributed by atoms with Gasteiger partial charge in [0, 0.05) is 5.69 Å². The molecule has 1 amide bonds. The number of anilines is 1. The van der Waals surface area contributed by atoms with Crippen LogP contribution in [0, 0.1) is 13.8 Å². The van der Waals surface area contributed by atoms with E-state index in [2.05, 4.69) is 10.1 Å². The topological polar surface area (TPSA) is 73.9 Å². The zero-order chi connectivity index (χ0) is 20.8. The standard InChI is InChI=1S/C20H21F2NO5/c1-11-5-6-12(2)15(9-11)23-18(24)13(3)27-19(25)14-7-8-16(28-20(21)22)17(10-14)26-4/h5-10,13,20H,1-4H3,(H,23,24)/t13-/m1/s1. The average molecular weight is 393 g/mol. The van der Waals surface area contributed by atoms with Gasteiger partial charge in [-0.2, -0.15) is 8.78 Å². The van der Waals surface area contributed by atoms with Crippen LogP contribution in [0.5, 0.6) is 11.5 Å². The Morgan fingerprint density at radius 3 is 2.39 bits per heavy atom. The Morgan fingerprint density at radius 1 is 1.04 bits per heavy atom.